The first-order chi connectivity index (χ1) is 5.72. The third-order valence-corrected chi connectivity index (χ3v) is 2.02. The molecule has 0 heterocycles. The number of hydrogen-bond acceptors (Lipinski definition) is 2. The number of aliphatic hydroxyl groups excluding tert-OH is 1. The molecule has 74 valence electrons. The minimum atomic E-state index is -0.559. The molecule has 0 saturated heterocycles. The summed E-state index contributed by atoms with van der Waals surface area (Å²) < 4.78 is 5.25. The summed E-state index contributed by atoms with van der Waals surface area (Å²) in [6.07, 6.45) is 3.74. The maximum absolute atomic E-state index is 9.45. The van der Waals surface area contributed by atoms with Crippen molar-refractivity contribution >= 4 is 0 Å². The molecular weight excluding hydrogens is 152 g/mol. The monoisotopic (exact) mass is 174 g/mol. The first kappa shape index (κ1) is 11.9. The van der Waals surface area contributed by atoms with Gasteiger partial charge in [0.25, 0.3) is 0 Å². The van der Waals surface area contributed by atoms with Crippen LogP contribution in [0.3, 0.4) is 0 Å². The lowest BCUT2D eigenvalue weighted by Gasteiger charge is -2.18. The maximum Gasteiger partial charge on any atom is 0.157 e. The highest BCUT2D eigenvalue weighted by Crippen LogP contribution is 2.11. The van der Waals surface area contributed by atoms with Crippen LogP contribution in [0.2, 0.25) is 0 Å². The second-order valence-electron chi connectivity index (χ2n) is 3.38. The summed E-state index contributed by atoms with van der Waals surface area (Å²) in [6, 6.07) is 0. The predicted molar refractivity (Wildman–Crippen MR) is 50.9 cm³/mol. The Balaban J connectivity index is 3.35. The van der Waals surface area contributed by atoms with Crippen LogP contribution in [0.5, 0.6) is 0 Å². The Bertz CT molecular complexity index is 93.8. The summed E-state index contributed by atoms with van der Waals surface area (Å²) in [5.74, 6) is 0.270. The summed E-state index contributed by atoms with van der Waals surface area (Å²) in [4.78, 5) is 0. The molecule has 0 amide bonds. The van der Waals surface area contributed by atoms with Crippen molar-refractivity contribution in [3.63, 3.8) is 0 Å². The van der Waals surface area contributed by atoms with Crippen molar-refractivity contribution < 1.29 is 9.84 Å². The zero-order chi connectivity index (χ0) is 9.40. The molecule has 0 radical (unpaired) electrons. The van der Waals surface area contributed by atoms with Gasteiger partial charge in [0.15, 0.2) is 6.29 Å². The van der Waals surface area contributed by atoms with Gasteiger partial charge in [-0.3, -0.25) is 0 Å². The van der Waals surface area contributed by atoms with Gasteiger partial charge in [-0.2, -0.15) is 0 Å². The fourth-order valence-electron chi connectivity index (χ4n) is 1.11. The van der Waals surface area contributed by atoms with E-state index >= 15 is 0 Å². The average Bonchev–Trinajstić information content (AvgIpc) is 2.05. The SMILES string of the molecule is CCCCOC(O)C(C)CCC. The van der Waals surface area contributed by atoms with Crippen molar-refractivity contribution in [3.8, 4) is 0 Å². The van der Waals surface area contributed by atoms with Gasteiger partial charge < -0.3 is 9.84 Å². The van der Waals surface area contributed by atoms with Crippen LogP contribution in [0, 0.1) is 5.92 Å². The molecule has 0 aromatic rings. The number of hydrogen-bond donors (Lipinski definition) is 1. The molecule has 0 bridgehead atoms. The standard InChI is InChI=1S/C10H22O2/c1-4-6-8-12-10(11)9(3)7-5-2/h9-11H,4-8H2,1-3H3. The van der Waals surface area contributed by atoms with E-state index in [4.69, 9.17) is 4.74 Å². The van der Waals surface area contributed by atoms with Crippen molar-refractivity contribution in [2.24, 2.45) is 5.92 Å². The molecule has 0 rings (SSSR count). The molecule has 0 saturated carbocycles. The molecule has 0 aliphatic rings. The Morgan fingerprint density at radius 2 is 1.92 bits per heavy atom. The Hall–Kier alpha value is -0.0800. The molecule has 2 heteroatoms. The number of aliphatic hydroxyl groups is 1. The molecule has 0 spiro atoms. The lowest BCUT2D eigenvalue weighted by molar-refractivity contribution is -0.132. The smallest absolute Gasteiger partial charge is 0.157 e. The molecule has 0 aliphatic heterocycles. The zero-order valence-corrected chi connectivity index (χ0v) is 8.55. The first-order valence-corrected chi connectivity index (χ1v) is 5.02. The third-order valence-electron chi connectivity index (χ3n) is 2.02. The fraction of sp³-hybridized carbons (Fsp3) is 1.00. The van der Waals surface area contributed by atoms with Gasteiger partial charge in [-0.15, -0.1) is 0 Å². The van der Waals surface area contributed by atoms with E-state index in [1.54, 1.807) is 0 Å². The van der Waals surface area contributed by atoms with E-state index in [2.05, 4.69) is 13.8 Å². The molecule has 2 nitrogen and oxygen atoms in total. The van der Waals surface area contributed by atoms with E-state index in [0.29, 0.717) is 6.61 Å². The highest BCUT2D eigenvalue weighted by atomic mass is 16.6. The Kier molecular flexibility index (Phi) is 7.51. The van der Waals surface area contributed by atoms with Crippen molar-refractivity contribution in [2.75, 3.05) is 6.61 Å². The van der Waals surface area contributed by atoms with E-state index in [9.17, 15) is 5.11 Å². The summed E-state index contributed by atoms with van der Waals surface area (Å²) in [5.41, 5.74) is 0. The van der Waals surface area contributed by atoms with Crippen molar-refractivity contribution in [1.29, 1.82) is 0 Å². The van der Waals surface area contributed by atoms with Crippen molar-refractivity contribution in [3.05, 3.63) is 0 Å². The van der Waals surface area contributed by atoms with E-state index in [0.717, 1.165) is 25.7 Å². The van der Waals surface area contributed by atoms with Crippen LogP contribution in [-0.4, -0.2) is 18.0 Å². The van der Waals surface area contributed by atoms with Crippen LogP contribution in [0.4, 0.5) is 0 Å². The fourth-order valence-corrected chi connectivity index (χ4v) is 1.11. The van der Waals surface area contributed by atoms with Gasteiger partial charge in [-0.25, -0.2) is 0 Å². The van der Waals surface area contributed by atoms with Gasteiger partial charge in [0.05, 0.1) is 0 Å². The Morgan fingerprint density at radius 3 is 2.42 bits per heavy atom. The molecule has 1 N–H and O–H groups in total. The molecule has 2 atom stereocenters. The summed E-state index contributed by atoms with van der Waals surface area (Å²) in [5, 5.41) is 9.45. The molecule has 0 aromatic carbocycles. The second kappa shape index (κ2) is 7.56. The zero-order valence-electron chi connectivity index (χ0n) is 8.55. The van der Waals surface area contributed by atoms with Crippen molar-refractivity contribution in [1.82, 2.24) is 0 Å². The van der Waals surface area contributed by atoms with Gasteiger partial charge in [-0.1, -0.05) is 33.6 Å². The molecular formula is C10H22O2. The van der Waals surface area contributed by atoms with Gasteiger partial charge in [0.2, 0.25) is 0 Å². The normalized spacial score (nSPS) is 16.0. The van der Waals surface area contributed by atoms with E-state index in [1.165, 1.54) is 0 Å². The lowest BCUT2D eigenvalue weighted by Crippen LogP contribution is -2.21. The van der Waals surface area contributed by atoms with Crippen LogP contribution >= 0.6 is 0 Å². The highest BCUT2D eigenvalue weighted by molar-refractivity contribution is 4.54. The van der Waals surface area contributed by atoms with E-state index in [1.807, 2.05) is 6.92 Å². The molecule has 12 heavy (non-hydrogen) atoms. The molecule has 0 fully saturated rings. The van der Waals surface area contributed by atoms with Gasteiger partial charge in [-0.05, 0) is 12.8 Å². The van der Waals surface area contributed by atoms with Crippen LogP contribution in [0.25, 0.3) is 0 Å². The molecule has 0 aliphatic carbocycles. The van der Waals surface area contributed by atoms with Crippen LogP contribution in [0.15, 0.2) is 0 Å². The van der Waals surface area contributed by atoms with Gasteiger partial charge in [0, 0.05) is 12.5 Å². The minimum absolute atomic E-state index is 0.270. The lowest BCUT2D eigenvalue weighted by atomic mass is 10.1. The number of rotatable bonds is 7. The van der Waals surface area contributed by atoms with E-state index < -0.39 is 6.29 Å². The summed E-state index contributed by atoms with van der Waals surface area (Å²) >= 11 is 0. The number of unbranched alkanes of at least 4 members (excludes halogenated alkanes) is 1. The third kappa shape index (κ3) is 5.56. The number of ether oxygens (including phenoxy) is 1. The molecule has 2 unspecified atom stereocenters. The van der Waals surface area contributed by atoms with Crippen LogP contribution in [-0.2, 0) is 4.74 Å². The highest BCUT2D eigenvalue weighted by Gasteiger charge is 2.12. The topological polar surface area (TPSA) is 29.5 Å². The first-order valence-electron chi connectivity index (χ1n) is 5.02. The minimum Gasteiger partial charge on any atom is -0.368 e. The largest absolute Gasteiger partial charge is 0.368 e. The molecule has 0 aromatic heterocycles. The average molecular weight is 174 g/mol. The van der Waals surface area contributed by atoms with Crippen LogP contribution < -0.4 is 0 Å². The predicted octanol–water partition coefficient (Wildman–Crippen LogP) is 2.56. The van der Waals surface area contributed by atoms with Crippen molar-refractivity contribution in [2.45, 2.75) is 52.7 Å². The van der Waals surface area contributed by atoms with Gasteiger partial charge >= 0.3 is 0 Å². The van der Waals surface area contributed by atoms with Crippen LogP contribution in [0.1, 0.15) is 46.5 Å². The summed E-state index contributed by atoms with van der Waals surface area (Å²) in [7, 11) is 0. The second-order valence-corrected chi connectivity index (χ2v) is 3.38. The Labute approximate surface area is 75.9 Å². The van der Waals surface area contributed by atoms with Gasteiger partial charge in [0.1, 0.15) is 0 Å². The quantitative estimate of drug-likeness (QED) is 0.475. The Morgan fingerprint density at radius 1 is 1.25 bits per heavy atom. The van der Waals surface area contributed by atoms with E-state index in [-0.39, 0.29) is 5.92 Å². The summed E-state index contributed by atoms with van der Waals surface area (Å²) in [6.45, 7) is 6.95. The maximum atomic E-state index is 9.45.